The van der Waals surface area contributed by atoms with Crippen LogP contribution >= 0.6 is 18.6 Å². The summed E-state index contributed by atoms with van der Waals surface area (Å²) in [6, 6.07) is 0. The fourth-order valence-electron chi connectivity index (χ4n) is 0.496. The van der Waals surface area contributed by atoms with Gasteiger partial charge in [-0.15, -0.1) is 0 Å². The van der Waals surface area contributed by atoms with Crippen LogP contribution in [0, 0.1) is 0 Å². The van der Waals surface area contributed by atoms with E-state index in [2.05, 4.69) is 6.64 Å². The summed E-state index contributed by atoms with van der Waals surface area (Å²) in [4.78, 5) is 0. The third kappa shape index (κ3) is 4.77. The molecule has 0 aliphatic rings. The summed E-state index contributed by atoms with van der Waals surface area (Å²) in [5.74, 6) is 0. The molecule has 0 unspecified atom stereocenters. The minimum atomic E-state index is -5.10. The average molecular weight is 225 g/mol. The van der Waals surface area contributed by atoms with Gasteiger partial charge in [-0.1, -0.05) is 0 Å². The summed E-state index contributed by atoms with van der Waals surface area (Å²) in [7, 11) is 10.7. The van der Waals surface area contributed by atoms with E-state index in [9.17, 15) is 3.32 Å². The van der Waals surface area contributed by atoms with Crippen molar-refractivity contribution in [3.8, 4) is 0 Å². The van der Waals surface area contributed by atoms with Crippen molar-refractivity contribution in [2.24, 2.45) is 0 Å². The predicted octanol–water partition coefficient (Wildman–Crippen LogP) is 2.23. The second-order valence-corrected chi connectivity index (χ2v) is 11.2. The van der Waals surface area contributed by atoms with Gasteiger partial charge in [0.2, 0.25) is 0 Å². The zero-order chi connectivity index (χ0) is 8.28. The fraction of sp³-hybridized carbons (Fsp3) is 1.00. The van der Waals surface area contributed by atoms with Gasteiger partial charge >= 0.3 is 69.6 Å². The van der Waals surface area contributed by atoms with Crippen LogP contribution in [0.15, 0.2) is 0 Å². The van der Waals surface area contributed by atoms with Crippen LogP contribution in [0.25, 0.3) is 0 Å². The van der Waals surface area contributed by atoms with Gasteiger partial charge in [-0.3, -0.25) is 0 Å². The van der Waals surface area contributed by atoms with E-state index in [0.717, 1.165) is 0 Å². The molecule has 0 aromatic rings. The number of hydrogen-bond acceptors (Lipinski definition) is 3. The quantitative estimate of drug-likeness (QED) is 0.688. The SMILES string of the molecule is CC[O][Ti](=[O])([Cl])([Cl])[O]CC. The third-order valence-corrected chi connectivity index (χ3v) is 4.86. The second-order valence-electron chi connectivity index (χ2n) is 1.65. The molecule has 0 aliphatic carbocycles. The van der Waals surface area contributed by atoms with Gasteiger partial charge in [-0.25, -0.2) is 0 Å². The Balaban J connectivity index is 4.13. The summed E-state index contributed by atoms with van der Waals surface area (Å²) < 4.78 is 20.4. The molecule has 0 amide bonds. The molecule has 0 fully saturated rings. The van der Waals surface area contributed by atoms with E-state index in [1.54, 1.807) is 13.8 Å². The summed E-state index contributed by atoms with van der Waals surface area (Å²) in [6.07, 6.45) is 0. The molecule has 0 aliphatic heterocycles. The molecule has 0 spiro atoms. The topological polar surface area (TPSA) is 35.5 Å². The number of hydrogen-bond donors (Lipinski definition) is 0. The van der Waals surface area contributed by atoms with Crippen LogP contribution in [0.3, 0.4) is 0 Å². The molecule has 0 heterocycles. The van der Waals surface area contributed by atoms with E-state index >= 15 is 0 Å². The van der Waals surface area contributed by atoms with Crippen molar-refractivity contribution in [1.29, 1.82) is 0 Å². The van der Waals surface area contributed by atoms with Gasteiger partial charge in [0.25, 0.3) is 0 Å². The molecular weight excluding hydrogens is 215 g/mol. The zero-order valence-corrected chi connectivity index (χ0v) is 8.97. The first-order chi connectivity index (χ1) is 4.39. The molecule has 0 N–H and O–H groups in total. The molecule has 10 heavy (non-hydrogen) atoms. The number of rotatable bonds is 4. The van der Waals surface area contributed by atoms with Crippen molar-refractivity contribution in [1.82, 2.24) is 0 Å². The van der Waals surface area contributed by atoms with Crippen molar-refractivity contribution in [3.63, 3.8) is 0 Å². The fourth-order valence-corrected chi connectivity index (χ4v) is 3.84. The summed E-state index contributed by atoms with van der Waals surface area (Å²) in [5, 5.41) is 0. The van der Waals surface area contributed by atoms with Gasteiger partial charge in [0.1, 0.15) is 0 Å². The molecule has 0 rings (SSSR count). The number of halogens is 2. The molecule has 6 heteroatoms. The Morgan fingerprint density at radius 2 is 1.50 bits per heavy atom. The molecule has 0 bridgehead atoms. The first-order valence-electron chi connectivity index (χ1n) is 2.98. The van der Waals surface area contributed by atoms with Crippen LogP contribution < -0.4 is 0 Å². The Kier molecular flexibility index (Phi) is 3.98. The molecule has 0 radical (unpaired) electrons. The van der Waals surface area contributed by atoms with E-state index in [0.29, 0.717) is 0 Å². The zero-order valence-electron chi connectivity index (χ0n) is 5.89. The second kappa shape index (κ2) is 3.61. The van der Waals surface area contributed by atoms with Gasteiger partial charge in [-0.05, 0) is 0 Å². The Hall–Kier alpha value is 1.01. The average Bonchev–Trinajstić information content (AvgIpc) is 1.61. The molecule has 3 nitrogen and oxygen atoms in total. The first-order valence-corrected chi connectivity index (χ1v) is 9.19. The van der Waals surface area contributed by atoms with Crippen molar-refractivity contribution in [2.75, 3.05) is 13.2 Å². The van der Waals surface area contributed by atoms with E-state index in [4.69, 9.17) is 18.6 Å². The predicted molar refractivity (Wildman–Crippen MR) is 35.6 cm³/mol. The molecular formula is C4H10Cl2O3Ti. The Bertz CT molecular complexity index is 152. The van der Waals surface area contributed by atoms with Gasteiger partial charge in [0.05, 0.1) is 0 Å². The van der Waals surface area contributed by atoms with Crippen LogP contribution in [-0.2, 0) is 23.9 Å². The molecule has 0 saturated carbocycles. The maximum absolute atomic E-state index is 11.2. The first kappa shape index (κ1) is 11.0. The minimum absolute atomic E-state index is 0.188. The Morgan fingerprint density at radius 1 is 1.20 bits per heavy atom. The Labute approximate surface area is 69.5 Å². The van der Waals surface area contributed by atoms with E-state index in [1.165, 1.54) is 0 Å². The van der Waals surface area contributed by atoms with Crippen molar-refractivity contribution in [2.45, 2.75) is 13.8 Å². The van der Waals surface area contributed by atoms with Gasteiger partial charge < -0.3 is 0 Å². The molecule has 0 aromatic carbocycles. The van der Waals surface area contributed by atoms with Gasteiger partial charge in [0, 0.05) is 0 Å². The van der Waals surface area contributed by atoms with Gasteiger partial charge in [0.15, 0.2) is 0 Å². The van der Waals surface area contributed by atoms with Crippen LogP contribution in [0.2, 0.25) is 0 Å². The maximum atomic E-state index is 11.2. The molecule has 0 aromatic heterocycles. The monoisotopic (exact) mass is 224 g/mol. The Morgan fingerprint density at radius 3 is 1.70 bits per heavy atom. The van der Waals surface area contributed by atoms with E-state index in [-0.39, 0.29) is 13.2 Å². The summed E-state index contributed by atoms with van der Waals surface area (Å²) in [5.41, 5.74) is 0. The molecule has 0 atom stereocenters. The van der Waals surface area contributed by atoms with Crippen LogP contribution in [0.5, 0.6) is 0 Å². The van der Waals surface area contributed by atoms with Crippen molar-refractivity contribution >= 4 is 18.6 Å². The third-order valence-electron chi connectivity index (χ3n) is 0.743. The standard InChI is InChI=1S/2C2H5O.2ClH.O.Ti/c2*1-2-3;;;;/h2*2H2,1H3;2*1H;;/q2*-1;;;;+4/p-2. The van der Waals surface area contributed by atoms with Crippen LogP contribution in [0.4, 0.5) is 0 Å². The van der Waals surface area contributed by atoms with Crippen LogP contribution in [-0.4, -0.2) is 13.2 Å². The van der Waals surface area contributed by atoms with Crippen LogP contribution in [0.1, 0.15) is 13.8 Å². The van der Waals surface area contributed by atoms with E-state index in [1.807, 2.05) is 0 Å². The van der Waals surface area contributed by atoms with E-state index < -0.39 is 13.9 Å². The summed E-state index contributed by atoms with van der Waals surface area (Å²) >= 11 is -5.10. The van der Waals surface area contributed by atoms with Gasteiger partial charge in [-0.2, -0.15) is 0 Å². The van der Waals surface area contributed by atoms with Crippen molar-refractivity contribution < 1.29 is 23.9 Å². The molecule has 62 valence electrons. The normalized spacial score (nSPS) is 13.7. The summed E-state index contributed by atoms with van der Waals surface area (Å²) in [6.45, 7) is 3.66. The van der Waals surface area contributed by atoms with Crippen molar-refractivity contribution in [3.05, 3.63) is 0 Å². The molecule has 0 saturated heterocycles.